The van der Waals surface area contributed by atoms with Crippen LogP contribution < -0.4 is 5.32 Å². The average Bonchev–Trinajstić information content (AvgIpc) is 2.92. The maximum Gasteiger partial charge on any atom is 0.213 e. The molecular weight excluding hydrogens is 368 g/mol. The summed E-state index contributed by atoms with van der Waals surface area (Å²) in [4.78, 5) is 4.44. The highest BCUT2D eigenvalue weighted by Gasteiger charge is 2.29. The van der Waals surface area contributed by atoms with Gasteiger partial charge < -0.3 is 5.32 Å². The van der Waals surface area contributed by atoms with Crippen molar-refractivity contribution < 1.29 is 8.42 Å². The van der Waals surface area contributed by atoms with Crippen molar-refractivity contribution in [2.45, 2.75) is 27.8 Å². The molecule has 0 unspecified atom stereocenters. The number of halogens is 1. The molecule has 3 aromatic rings. The van der Waals surface area contributed by atoms with Crippen LogP contribution in [0.25, 0.3) is 5.65 Å². The summed E-state index contributed by atoms with van der Waals surface area (Å²) in [5, 5.41) is 8.06. The molecule has 0 spiro atoms. The Morgan fingerprint density at radius 2 is 2.17 bits per heavy atom. The van der Waals surface area contributed by atoms with Gasteiger partial charge in [-0.25, -0.2) is 17.9 Å². The Morgan fingerprint density at radius 3 is 2.96 bits per heavy atom. The molecule has 0 bridgehead atoms. The molecule has 4 rings (SSSR count). The minimum atomic E-state index is -3.82. The van der Waals surface area contributed by atoms with Crippen molar-refractivity contribution in [2.24, 2.45) is 0 Å². The molecule has 1 N–H and O–H groups in total. The Kier molecular flexibility index (Phi) is 3.80. The minimum Gasteiger partial charge on any atom is -0.312 e. The Bertz CT molecular complexity index is 1060. The highest BCUT2D eigenvalue weighted by molar-refractivity contribution is 7.92. The zero-order valence-electron chi connectivity index (χ0n) is 12.4. The number of thiol groups is 1. The highest BCUT2D eigenvalue weighted by atomic mass is 35.5. The van der Waals surface area contributed by atoms with Gasteiger partial charge in [0.25, 0.3) is 0 Å². The molecule has 124 valence electrons. The highest BCUT2D eigenvalue weighted by Crippen LogP contribution is 2.31. The number of nitrogens with one attached hydrogen (secondary N) is 1. The summed E-state index contributed by atoms with van der Waals surface area (Å²) in [6, 6.07) is 6.14. The number of fused-ring (bicyclic) bond motifs is 3. The predicted molar refractivity (Wildman–Crippen MR) is 92.6 cm³/mol. The molecule has 0 amide bonds. The van der Waals surface area contributed by atoms with Gasteiger partial charge in [0.15, 0.2) is 5.65 Å². The van der Waals surface area contributed by atoms with Gasteiger partial charge >= 0.3 is 0 Å². The van der Waals surface area contributed by atoms with E-state index in [1.54, 1.807) is 22.8 Å². The van der Waals surface area contributed by atoms with Gasteiger partial charge in [-0.1, -0.05) is 17.7 Å². The van der Waals surface area contributed by atoms with Crippen molar-refractivity contribution in [3.8, 4) is 0 Å². The summed E-state index contributed by atoms with van der Waals surface area (Å²) in [6.07, 6.45) is 2.45. The molecule has 0 saturated heterocycles. The van der Waals surface area contributed by atoms with E-state index in [0.29, 0.717) is 17.2 Å². The lowest BCUT2D eigenvalue weighted by molar-refractivity contribution is 0.594. The second-order valence-electron chi connectivity index (χ2n) is 5.51. The molecule has 24 heavy (non-hydrogen) atoms. The van der Waals surface area contributed by atoms with Crippen LogP contribution in [0.5, 0.6) is 0 Å². The first kappa shape index (κ1) is 15.9. The molecule has 9 heteroatoms. The zero-order valence-corrected chi connectivity index (χ0v) is 14.9. The van der Waals surface area contributed by atoms with Crippen molar-refractivity contribution in [1.82, 2.24) is 19.9 Å². The summed E-state index contributed by atoms with van der Waals surface area (Å²) in [6.45, 7) is 1.50. The maximum absolute atomic E-state index is 13.0. The largest absolute Gasteiger partial charge is 0.312 e. The standard InChI is InChI=1S/C15H13ClN4O2S2/c16-10-2-1-3-11(6-10)24(21,22)13-14-18-8-9-7-17-5-4-12(9)20(14)19-15(13)23/h1-3,6,8,17H,4-5,7H2,(H,19,23). The van der Waals surface area contributed by atoms with E-state index in [1.807, 2.05) is 0 Å². The Labute approximate surface area is 149 Å². The zero-order chi connectivity index (χ0) is 16.9. The number of nitrogens with zero attached hydrogens (tertiary/aromatic N) is 3. The van der Waals surface area contributed by atoms with Crippen molar-refractivity contribution in [3.05, 3.63) is 46.7 Å². The molecule has 0 radical (unpaired) electrons. The van der Waals surface area contributed by atoms with Crippen LogP contribution in [0.1, 0.15) is 11.3 Å². The first-order valence-electron chi connectivity index (χ1n) is 7.28. The second kappa shape index (κ2) is 5.73. The van der Waals surface area contributed by atoms with Gasteiger partial charge in [-0.05, 0) is 18.2 Å². The monoisotopic (exact) mass is 380 g/mol. The summed E-state index contributed by atoms with van der Waals surface area (Å²) in [5.74, 6) is 0. The van der Waals surface area contributed by atoms with E-state index < -0.39 is 9.84 Å². The van der Waals surface area contributed by atoms with Gasteiger partial charge in [0.2, 0.25) is 9.84 Å². The first-order valence-corrected chi connectivity index (χ1v) is 9.59. The Balaban J connectivity index is 1.99. The van der Waals surface area contributed by atoms with Crippen LogP contribution >= 0.6 is 24.2 Å². The maximum atomic E-state index is 13.0. The van der Waals surface area contributed by atoms with Gasteiger partial charge in [0.1, 0.15) is 9.92 Å². The number of benzene rings is 1. The van der Waals surface area contributed by atoms with Crippen molar-refractivity contribution in [1.29, 1.82) is 0 Å². The molecule has 2 aromatic heterocycles. The Hall–Kier alpha value is -1.61. The predicted octanol–water partition coefficient (Wildman–Crippen LogP) is 2.15. The van der Waals surface area contributed by atoms with Crippen LogP contribution in [0.3, 0.4) is 0 Å². The van der Waals surface area contributed by atoms with E-state index >= 15 is 0 Å². The molecule has 0 fully saturated rings. The quantitative estimate of drug-likeness (QED) is 0.666. The number of aromatic nitrogens is 3. The third kappa shape index (κ3) is 2.41. The summed E-state index contributed by atoms with van der Waals surface area (Å²) in [7, 11) is -3.82. The van der Waals surface area contributed by atoms with Crippen molar-refractivity contribution in [2.75, 3.05) is 6.54 Å². The van der Waals surface area contributed by atoms with E-state index in [1.165, 1.54) is 12.1 Å². The smallest absolute Gasteiger partial charge is 0.213 e. The SMILES string of the molecule is O=S(=O)(c1cccc(Cl)c1)c1c(S)nn2c3c(cnc12)CNCC3. The van der Waals surface area contributed by atoms with Crippen LogP contribution in [0.4, 0.5) is 0 Å². The fourth-order valence-corrected chi connectivity index (χ4v) is 5.11. The first-order chi connectivity index (χ1) is 11.5. The third-order valence-corrected chi connectivity index (χ3v) is 6.49. The molecule has 1 aliphatic rings. The Morgan fingerprint density at radius 1 is 1.33 bits per heavy atom. The summed E-state index contributed by atoms with van der Waals surface area (Å²) in [5.41, 5.74) is 2.26. The van der Waals surface area contributed by atoms with Crippen LogP contribution in [-0.2, 0) is 22.8 Å². The van der Waals surface area contributed by atoms with E-state index in [2.05, 4.69) is 28.0 Å². The average molecular weight is 381 g/mol. The van der Waals surface area contributed by atoms with Gasteiger partial charge in [-0.3, -0.25) is 0 Å². The topological polar surface area (TPSA) is 76.4 Å². The molecule has 0 atom stereocenters. The van der Waals surface area contributed by atoms with Gasteiger partial charge in [0.05, 0.1) is 10.6 Å². The number of rotatable bonds is 2. The van der Waals surface area contributed by atoms with E-state index in [4.69, 9.17) is 11.6 Å². The lowest BCUT2D eigenvalue weighted by Gasteiger charge is -2.17. The fraction of sp³-hybridized carbons (Fsp3) is 0.200. The lowest BCUT2D eigenvalue weighted by Crippen LogP contribution is -2.26. The van der Waals surface area contributed by atoms with Crippen LogP contribution in [0.15, 0.2) is 45.3 Å². The molecule has 0 saturated carbocycles. The normalized spacial score (nSPS) is 14.8. The molecule has 1 aromatic carbocycles. The molecular formula is C15H13ClN4O2S2. The third-order valence-electron chi connectivity index (χ3n) is 4.00. The van der Waals surface area contributed by atoms with Crippen LogP contribution in [0.2, 0.25) is 5.02 Å². The van der Waals surface area contributed by atoms with E-state index in [0.717, 1.165) is 24.2 Å². The van der Waals surface area contributed by atoms with Crippen LogP contribution in [0, 0.1) is 0 Å². The summed E-state index contributed by atoms with van der Waals surface area (Å²) >= 11 is 10.2. The minimum absolute atomic E-state index is 0.00873. The molecule has 6 nitrogen and oxygen atoms in total. The number of hydrogen-bond acceptors (Lipinski definition) is 6. The number of hydrogen-bond donors (Lipinski definition) is 2. The van der Waals surface area contributed by atoms with Gasteiger partial charge in [-0.15, -0.1) is 12.6 Å². The van der Waals surface area contributed by atoms with Crippen LogP contribution in [-0.4, -0.2) is 29.6 Å². The fourth-order valence-electron chi connectivity index (χ4n) is 2.87. The summed E-state index contributed by atoms with van der Waals surface area (Å²) < 4.78 is 27.7. The molecule has 1 aliphatic heterocycles. The van der Waals surface area contributed by atoms with Crippen molar-refractivity contribution >= 4 is 39.7 Å². The van der Waals surface area contributed by atoms with Gasteiger partial charge in [0, 0.05) is 36.3 Å². The van der Waals surface area contributed by atoms with Crippen molar-refractivity contribution in [3.63, 3.8) is 0 Å². The number of sulfone groups is 1. The lowest BCUT2D eigenvalue weighted by atomic mass is 10.1. The van der Waals surface area contributed by atoms with E-state index in [9.17, 15) is 8.42 Å². The molecule has 3 heterocycles. The second-order valence-corrected chi connectivity index (χ2v) is 8.25. The van der Waals surface area contributed by atoms with E-state index in [-0.39, 0.29) is 14.8 Å². The van der Waals surface area contributed by atoms with Gasteiger partial charge in [-0.2, -0.15) is 5.10 Å². The molecule has 0 aliphatic carbocycles.